The summed E-state index contributed by atoms with van der Waals surface area (Å²) in [5, 5.41) is 8.46. The SMILES string of the molecule is O=C(O)CCC(=O)C1CCCCCC1. The molecule has 1 aliphatic rings. The summed E-state index contributed by atoms with van der Waals surface area (Å²) >= 11 is 0. The van der Waals surface area contributed by atoms with Crippen LogP contribution >= 0.6 is 0 Å². The van der Waals surface area contributed by atoms with E-state index in [1.807, 2.05) is 0 Å². The van der Waals surface area contributed by atoms with Crippen LogP contribution < -0.4 is 0 Å². The predicted octanol–water partition coefficient (Wildman–Crippen LogP) is 2.39. The molecule has 0 aliphatic heterocycles. The second kappa shape index (κ2) is 5.78. The smallest absolute Gasteiger partial charge is 0.303 e. The number of carboxylic acids is 1. The number of carbonyl (C=O) groups excluding carboxylic acids is 1. The molecule has 1 aliphatic carbocycles. The fourth-order valence-corrected chi connectivity index (χ4v) is 2.04. The summed E-state index contributed by atoms with van der Waals surface area (Å²) in [6.07, 6.45) is 6.87. The second-order valence-corrected chi connectivity index (χ2v) is 4.05. The molecule has 0 aromatic carbocycles. The number of ketones is 1. The fraction of sp³-hybridized carbons (Fsp3) is 0.818. The Labute approximate surface area is 84.5 Å². The third-order valence-corrected chi connectivity index (χ3v) is 2.90. The van der Waals surface area contributed by atoms with Gasteiger partial charge in [0.25, 0.3) is 0 Å². The van der Waals surface area contributed by atoms with Crippen LogP contribution in [0.1, 0.15) is 51.4 Å². The first-order chi connectivity index (χ1) is 6.70. The number of Topliss-reactive ketones (excluding diaryl/α,β-unsaturated/α-hetero) is 1. The maximum absolute atomic E-state index is 11.6. The van der Waals surface area contributed by atoms with E-state index in [-0.39, 0.29) is 24.5 Å². The Morgan fingerprint density at radius 3 is 2.07 bits per heavy atom. The van der Waals surface area contributed by atoms with Gasteiger partial charge in [-0.15, -0.1) is 0 Å². The summed E-state index contributed by atoms with van der Waals surface area (Å²) in [4.78, 5) is 21.9. The van der Waals surface area contributed by atoms with Gasteiger partial charge in [0.2, 0.25) is 0 Å². The molecule has 0 unspecified atom stereocenters. The zero-order chi connectivity index (χ0) is 10.4. The molecule has 3 nitrogen and oxygen atoms in total. The van der Waals surface area contributed by atoms with E-state index in [9.17, 15) is 9.59 Å². The summed E-state index contributed by atoms with van der Waals surface area (Å²) in [7, 11) is 0. The molecule has 0 aromatic rings. The molecule has 0 saturated heterocycles. The van der Waals surface area contributed by atoms with Gasteiger partial charge in [0.05, 0.1) is 6.42 Å². The third-order valence-electron chi connectivity index (χ3n) is 2.90. The Kier molecular flexibility index (Phi) is 4.63. The predicted molar refractivity (Wildman–Crippen MR) is 53.1 cm³/mol. The minimum atomic E-state index is -0.869. The lowest BCUT2D eigenvalue weighted by Crippen LogP contribution is -2.14. The van der Waals surface area contributed by atoms with Gasteiger partial charge in [0.1, 0.15) is 5.78 Å². The Bertz CT molecular complexity index is 203. The van der Waals surface area contributed by atoms with E-state index in [1.54, 1.807) is 0 Å². The summed E-state index contributed by atoms with van der Waals surface area (Å²) < 4.78 is 0. The van der Waals surface area contributed by atoms with Gasteiger partial charge in [0.15, 0.2) is 0 Å². The summed E-state index contributed by atoms with van der Waals surface area (Å²) in [6, 6.07) is 0. The molecule has 0 aromatic heterocycles. The fourth-order valence-electron chi connectivity index (χ4n) is 2.04. The lowest BCUT2D eigenvalue weighted by Gasteiger charge is -2.11. The molecule has 0 atom stereocenters. The van der Waals surface area contributed by atoms with Crippen LogP contribution in [0, 0.1) is 5.92 Å². The van der Waals surface area contributed by atoms with E-state index in [1.165, 1.54) is 12.8 Å². The molecule has 3 heteroatoms. The monoisotopic (exact) mass is 198 g/mol. The molecule has 0 spiro atoms. The van der Waals surface area contributed by atoms with Crippen LogP contribution in [0.25, 0.3) is 0 Å². The van der Waals surface area contributed by atoms with Gasteiger partial charge < -0.3 is 5.11 Å². The quantitative estimate of drug-likeness (QED) is 0.706. The van der Waals surface area contributed by atoms with Crippen LogP contribution in [0.4, 0.5) is 0 Å². The summed E-state index contributed by atoms with van der Waals surface area (Å²) in [5.41, 5.74) is 0. The van der Waals surface area contributed by atoms with Gasteiger partial charge >= 0.3 is 5.97 Å². The van der Waals surface area contributed by atoms with Crippen LogP contribution in [0.3, 0.4) is 0 Å². The van der Waals surface area contributed by atoms with E-state index >= 15 is 0 Å². The van der Waals surface area contributed by atoms with E-state index in [0.717, 1.165) is 25.7 Å². The number of hydrogen-bond donors (Lipinski definition) is 1. The van der Waals surface area contributed by atoms with Crippen molar-refractivity contribution in [1.29, 1.82) is 0 Å². The first kappa shape index (κ1) is 11.2. The van der Waals surface area contributed by atoms with Crippen molar-refractivity contribution in [2.75, 3.05) is 0 Å². The molecule has 80 valence electrons. The van der Waals surface area contributed by atoms with Crippen molar-refractivity contribution in [3.8, 4) is 0 Å². The first-order valence-corrected chi connectivity index (χ1v) is 5.44. The van der Waals surface area contributed by atoms with Crippen molar-refractivity contribution in [2.45, 2.75) is 51.4 Å². The van der Waals surface area contributed by atoms with Crippen molar-refractivity contribution >= 4 is 11.8 Å². The molecule has 0 radical (unpaired) electrons. The highest BCUT2D eigenvalue weighted by Gasteiger charge is 2.20. The molecule has 1 saturated carbocycles. The van der Waals surface area contributed by atoms with Crippen LogP contribution in [-0.2, 0) is 9.59 Å². The van der Waals surface area contributed by atoms with Crippen LogP contribution in [0.2, 0.25) is 0 Å². The molecule has 1 N–H and O–H groups in total. The molecule has 0 bridgehead atoms. The van der Waals surface area contributed by atoms with E-state index in [4.69, 9.17) is 5.11 Å². The largest absolute Gasteiger partial charge is 0.481 e. The van der Waals surface area contributed by atoms with E-state index in [2.05, 4.69) is 0 Å². The summed E-state index contributed by atoms with van der Waals surface area (Å²) in [5.74, 6) is -0.557. The average Bonchev–Trinajstić information content (AvgIpc) is 2.42. The van der Waals surface area contributed by atoms with Crippen molar-refractivity contribution < 1.29 is 14.7 Å². The van der Waals surface area contributed by atoms with Crippen molar-refractivity contribution in [3.63, 3.8) is 0 Å². The molecule has 14 heavy (non-hydrogen) atoms. The van der Waals surface area contributed by atoms with Gasteiger partial charge in [-0.2, -0.15) is 0 Å². The first-order valence-electron chi connectivity index (χ1n) is 5.44. The molecular formula is C11H18O3. The van der Waals surface area contributed by atoms with E-state index in [0.29, 0.717) is 0 Å². The normalized spacial score (nSPS) is 18.9. The molecule has 0 amide bonds. The zero-order valence-corrected chi connectivity index (χ0v) is 8.50. The highest BCUT2D eigenvalue weighted by molar-refractivity contribution is 5.84. The van der Waals surface area contributed by atoms with Gasteiger partial charge in [-0.25, -0.2) is 0 Å². The lowest BCUT2D eigenvalue weighted by molar-refractivity contribution is -0.139. The van der Waals surface area contributed by atoms with Crippen LogP contribution in [-0.4, -0.2) is 16.9 Å². The van der Waals surface area contributed by atoms with Crippen molar-refractivity contribution in [3.05, 3.63) is 0 Å². The van der Waals surface area contributed by atoms with Gasteiger partial charge in [-0.1, -0.05) is 25.7 Å². The molecule has 1 fully saturated rings. The average molecular weight is 198 g/mol. The van der Waals surface area contributed by atoms with Gasteiger partial charge in [0, 0.05) is 12.3 Å². The standard InChI is InChI=1S/C11H18O3/c12-10(7-8-11(13)14)9-5-3-1-2-4-6-9/h9H,1-8H2,(H,13,14). The number of carboxylic acid groups (broad SMARTS) is 1. The number of rotatable bonds is 4. The highest BCUT2D eigenvalue weighted by atomic mass is 16.4. The molecule has 1 rings (SSSR count). The summed E-state index contributed by atoms with van der Waals surface area (Å²) in [6.45, 7) is 0. The number of hydrogen-bond acceptors (Lipinski definition) is 2. The second-order valence-electron chi connectivity index (χ2n) is 4.05. The maximum atomic E-state index is 11.6. The topological polar surface area (TPSA) is 54.4 Å². The Balaban J connectivity index is 2.30. The maximum Gasteiger partial charge on any atom is 0.303 e. The molecule has 0 heterocycles. The minimum absolute atomic E-state index is 0.00463. The van der Waals surface area contributed by atoms with Crippen LogP contribution in [0.5, 0.6) is 0 Å². The van der Waals surface area contributed by atoms with Crippen molar-refractivity contribution in [1.82, 2.24) is 0 Å². The lowest BCUT2D eigenvalue weighted by atomic mass is 9.93. The minimum Gasteiger partial charge on any atom is -0.481 e. The Hall–Kier alpha value is -0.860. The number of carbonyl (C=O) groups is 2. The van der Waals surface area contributed by atoms with E-state index < -0.39 is 5.97 Å². The Morgan fingerprint density at radius 2 is 1.57 bits per heavy atom. The van der Waals surface area contributed by atoms with Gasteiger partial charge in [-0.3, -0.25) is 9.59 Å². The molecular weight excluding hydrogens is 180 g/mol. The zero-order valence-electron chi connectivity index (χ0n) is 8.50. The van der Waals surface area contributed by atoms with Crippen LogP contribution in [0.15, 0.2) is 0 Å². The Morgan fingerprint density at radius 1 is 1.00 bits per heavy atom. The third kappa shape index (κ3) is 3.90. The van der Waals surface area contributed by atoms with Gasteiger partial charge in [-0.05, 0) is 12.8 Å². The number of aliphatic carboxylic acids is 1. The highest BCUT2D eigenvalue weighted by Crippen LogP contribution is 2.24. The van der Waals surface area contributed by atoms with Crippen molar-refractivity contribution in [2.24, 2.45) is 5.92 Å².